The summed E-state index contributed by atoms with van der Waals surface area (Å²) in [5, 5.41) is 7.24. The highest BCUT2D eigenvalue weighted by Gasteiger charge is 2.26. The summed E-state index contributed by atoms with van der Waals surface area (Å²) in [4.78, 5) is 33.3. The summed E-state index contributed by atoms with van der Waals surface area (Å²) in [5.41, 5.74) is 7.03. The molecule has 0 bridgehead atoms. The predicted molar refractivity (Wildman–Crippen MR) is 104 cm³/mol. The predicted octanol–water partition coefficient (Wildman–Crippen LogP) is 0.389. The summed E-state index contributed by atoms with van der Waals surface area (Å²) in [6.45, 7) is 1.96. The standard InChI is InChI=1S/C17H24N10O/c1-25(2)17-22-15(23-24-17)11-3-6-26(7-4-11)12(28)5-8-27-10-21-13-14(18)19-9-20-16(13)27/h9-11H,3-8H2,1-2H3,(H2,18,19,20)(H,22,23,24). The van der Waals surface area contributed by atoms with Gasteiger partial charge in [0.05, 0.1) is 6.33 Å². The number of aromatic amines is 1. The normalized spacial score (nSPS) is 15.3. The van der Waals surface area contributed by atoms with Gasteiger partial charge in [-0.05, 0) is 12.8 Å². The monoisotopic (exact) mass is 384 g/mol. The molecule has 0 aliphatic carbocycles. The molecule has 0 radical (unpaired) electrons. The van der Waals surface area contributed by atoms with E-state index in [-0.39, 0.29) is 5.91 Å². The molecular weight excluding hydrogens is 360 g/mol. The molecule has 148 valence electrons. The molecule has 0 atom stereocenters. The Morgan fingerprint density at radius 3 is 2.79 bits per heavy atom. The van der Waals surface area contributed by atoms with Crippen LogP contribution in [0.2, 0.25) is 0 Å². The summed E-state index contributed by atoms with van der Waals surface area (Å²) >= 11 is 0. The highest BCUT2D eigenvalue weighted by molar-refractivity contribution is 5.81. The second-order valence-corrected chi connectivity index (χ2v) is 7.19. The van der Waals surface area contributed by atoms with Gasteiger partial charge in [0.1, 0.15) is 17.7 Å². The first kappa shape index (κ1) is 18.1. The molecule has 4 heterocycles. The van der Waals surface area contributed by atoms with Crippen molar-refractivity contribution in [2.75, 3.05) is 37.8 Å². The molecule has 3 aromatic heterocycles. The Bertz CT molecular complexity index is 969. The average Bonchev–Trinajstić information content (AvgIpc) is 3.35. The van der Waals surface area contributed by atoms with Crippen molar-refractivity contribution in [3.05, 3.63) is 18.5 Å². The lowest BCUT2D eigenvalue weighted by Gasteiger charge is -2.31. The summed E-state index contributed by atoms with van der Waals surface area (Å²) in [5.74, 6) is 2.38. The Balaban J connectivity index is 1.32. The summed E-state index contributed by atoms with van der Waals surface area (Å²) in [7, 11) is 3.83. The van der Waals surface area contributed by atoms with Crippen molar-refractivity contribution in [2.45, 2.75) is 31.7 Å². The van der Waals surface area contributed by atoms with E-state index in [2.05, 4.69) is 30.1 Å². The van der Waals surface area contributed by atoms with Crippen molar-refractivity contribution in [1.29, 1.82) is 0 Å². The van der Waals surface area contributed by atoms with Gasteiger partial charge in [0.2, 0.25) is 11.9 Å². The molecule has 1 saturated heterocycles. The van der Waals surface area contributed by atoms with E-state index in [0.717, 1.165) is 31.8 Å². The molecule has 28 heavy (non-hydrogen) atoms. The molecule has 3 aromatic rings. The van der Waals surface area contributed by atoms with Gasteiger partial charge in [0, 0.05) is 46.1 Å². The molecule has 0 unspecified atom stereocenters. The first-order chi connectivity index (χ1) is 13.5. The number of likely N-dealkylation sites (tertiary alicyclic amines) is 1. The second-order valence-electron chi connectivity index (χ2n) is 7.19. The van der Waals surface area contributed by atoms with Gasteiger partial charge in [-0.2, -0.15) is 4.98 Å². The molecule has 0 aromatic carbocycles. The first-order valence-corrected chi connectivity index (χ1v) is 9.31. The maximum absolute atomic E-state index is 12.6. The Morgan fingerprint density at radius 1 is 1.29 bits per heavy atom. The lowest BCUT2D eigenvalue weighted by Crippen LogP contribution is -2.38. The van der Waals surface area contributed by atoms with Gasteiger partial charge in [-0.1, -0.05) is 0 Å². The van der Waals surface area contributed by atoms with Crippen LogP contribution in [0.15, 0.2) is 12.7 Å². The lowest BCUT2D eigenvalue weighted by molar-refractivity contribution is -0.132. The maximum atomic E-state index is 12.6. The van der Waals surface area contributed by atoms with Gasteiger partial charge >= 0.3 is 0 Å². The molecule has 0 saturated carbocycles. The molecule has 11 nitrogen and oxygen atoms in total. The van der Waals surface area contributed by atoms with Crippen molar-refractivity contribution >= 4 is 28.8 Å². The molecular formula is C17H24N10O. The van der Waals surface area contributed by atoms with Crippen molar-refractivity contribution in [2.24, 2.45) is 0 Å². The van der Waals surface area contributed by atoms with Crippen molar-refractivity contribution in [3.63, 3.8) is 0 Å². The fourth-order valence-corrected chi connectivity index (χ4v) is 3.49. The van der Waals surface area contributed by atoms with E-state index >= 15 is 0 Å². The van der Waals surface area contributed by atoms with Crippen LogP contribution >= 0.6 is 0 Å². The van der Waals surface area contributed by atoms with Crippen LogP contribution in [-0.2, 0) is 11.3 Å². The van der Waals surface area contributed by atoms with Crippen LogP contribution < -0.4 is 10.6 Å². The molecule has 1 amide bonds. The number of carbonyl (C=O) groups is 1. The molecule has 3 N–H and O–H groups in total. The highest BCUT2D eigenvalue weighted by atomic mass is 16.2. The Labute approximate surface area is 162 Å². The number of H-pyrrole nitrogens is 1. The number of amides is 1. The minimum atomic E-state index is 0.133. The van der Waals surface area contributed by atoms with Gasteiger partial charge in [0.15, 0.2) is 11.5 Å². The molecule has 0 spiro atoms. The number of imidazole rings is 1. The minimum Gasteiger partial charge on any atom is -0.382 e. The molecule has 4 rings (SSSR count). The van der Waals surface area contributed by atoms with E-state index in [1.165, 1.54) is 6.33 Å². The third-order valence-corrected chi connectivity index (χ3v) is 5.12. The Morgan fingerprint density at radius 2 is 2.07 bits per heavy atom. The van der Waals surface area contributed by atoms with Crippen molar-refractivity contribution in [1.82, 2.24) is 39.6 Å². The number of carbonyl (C=O) groups excluding carboxylic acids is 1. The smallest absolute Gasteiger partial charge is 0.244 e. The van der Waals surface area contributed by atoms with E-state index in [1.807, 2.05) is 28.5 Å². The number of fused-ring (bicyclic) bond motifs is 1. The number of nitrogens with zero attached hydrogens (tertiary/aromatic N) is 8. The van der Waals surface area contributed by atoms with E-state index in [0.29, 0.717) is 41.8 Å². The SMILES string of the molecule is CN(C)c1n[nH]c(C2CCN(C(=O)CCn3cnc4c(N)ncnc43)CC2)n1. The van der Waals surface area contributed by atoms with Crippen LogP contribution in [0, 0.1) is 0 Å². The Hall–Kier alpha value is -3.24. The summed E-state index contributed by atoms with van der Waals surface area (Å²) in [6, 6.07) is 0. The Kier molecular flexibility index (Phi) is 4.80. The maximum Gasteiger partial charge on any atom is 0.244 e. The van der Waals surface area contributed by atoms with Crippen LogP contribution in [0.4, 0.5) is 11.8 Å². The number of anilines is 2. The number of nitrogens with one attached hydrogen (secondary N) is 1. The molecule has 11 heteroatoms. The largest absolute Gasteiger partial charge is 0.382 e. The van der Waals surface area contributed by atoms with Gasteiger partial charge in [-0.15, -0.1) is 5.10 Å². The topological polar surface area (TPSA) is 135 Å². The van der Waals surface area contributed by atoms with Crippen LogP contribution in [0.3, 0.4) is 0 Å². The molecule has 1 aliphatic heterocycles. The third-order valence-electron chi connectivity index (χ3n) is 5.12. The van der Waals surface area contributed by atoms with E-state index in [9.17, 15) is 4.79 Å². The molecule has 1 aliphatic rings. The number of nitrogens with two attached hydrogens (primary N) is 1. The second kappa shape index (κ2) is 7.41. The summed E-state index contributed by atoms with van der Waals surface area (Å²) in [6.07, 6.45) is 5.22. The summed E-state index contributed by atoms with van der Waals surface area (Å²) < 4.78 is 1.84. The van der Waals surface area contributed by atoms with Crippen LogP contribution in [-0.4, -0.2) is 72.7 Å². The number of hydrogen-bond acceptors (Lipinski definition) is 8. The number of aryl methyl sites for hydroxylation is 1. The van der Waals surface area contributed by atoms with E-state index < -0.39 is 0 Å². The fraction of sp³-hybridized carbons (Fsp3) is 0.529. The highest BCUT2D eigenvalue weighted by Crippen LogP contribution is 2.26. The number of rotatable bonds is 5. The lowest BCUT2D eigenvalue weighted by atomic mass is 9.96. The van der Waals surface area contributed by atoms with E-state index in [4.69, 9.17) is 5.73 Å². The zero-order valence-electron chi connectivity index (χ0n) is 16.0. The fourth-order valence-electron chi connectivity index (χ4n) is 3.49. The van der Waals surface area contributed by atoms with Gasteiger partial charge < -0.3 is 20.1 Å². The van der Waals surface area contributed by atoms with Crippen LogP contribution in [0.5, 0.6) is 0 Å². The number of nitrogen functional groups attached to an aromatic ring is 1. The van der Waals surface area contributed by atoms with Gasteiger partial charge in [-0.25, -0.2) is 15.0 Å². The van der Waals surface area contributed by atoms with Crippen molar-refractivity contribution < 1.29 is 4.79 Å². The number of piperidine rings is 1. The number of aromatic nitrogens is 7. The molecule has 1 fully saturated rings. The van der Waals surface area contributed by atoms with E-state index in [1.54, 1.807) is 6.33 Å². The third kappa shape index (κ3) is 3.47. The first-order valence-electron chi connectivity index (χ1n) is 9.31. The van der Waals surface area contributed by atoms with Gasteiger partial charge in [-0.3, -0.25) is 9.89 Å². The quantitative estimate of drug-likeness (QED) is 0.645. The van der Waals surface area contributed by atoms with Gasteiger partial charge in [0.25, 0.3) is 0 Å². The zero-order chi connectivity index (χ0) is 19.7. The zero-order valence-corrected chi connectivity index (χ0v) is 16.0. The minimum absolute atomic E-state index is 0.133. The number of hydrogen-bond donors (Lipinski definition) is 2. The van der Waals surface area contributed by atoms with Crippen molar-refractivity contribution in [3.8, 4) is 0 Å². The van der Waals surface area contributed by atoms with Crippen LogP contribution in [0.1, 0.15) is 31.0 Å². The average molecular weight is 384 g/mol. The van der Waals surface area contributed by atoms with Crippen LogP contribution in [0.25, 0.3) is 11.2 Å².